The molecule has 120 valence electrons. The van der Waals surface area contributed by atoms with Gasteiger partial charge in [-0.05, 0) is 31.5 Å². The fourth-order valence-electron chi connectivity index (χ4n) is 2.87. The molecule has 0 spiro atoms. The minimum Gasteiger partial charge on any atom is -0.325 e. The highest BCUT2D eigenvalue weighted by Gasteiger charge is 2.34. The van der Waals surface area contributed by atoms with Crippen LogP contribution in [0, 0.1) is 6.92 Å². The Morgan fingerprint density at radius 2 is 2.13 bits per heavy atom. The number of benzene rings is 1. The quantitative estimate of drug-likeness (QED) is 0.846. The highest BCUT2D eigenvalue weighted by Crippen LogP contribution is 2.22. The smallest absolute Gasteiger partial charge is 0.257 e. The van der Waals surface area contributed by atoms with Gasteiger partial charge in [-0.15, -0.1) is 0 Å². The van der Waals surface area contributed by atoms with Crippen molar-refractivity contribution >= 4 is 17.5 Å². The van der Waals surface area contributed by atoms with Gasteiger partial charge in [-0.25, -0.2) is 0 Å². The molecule has 1 saturated heterocycles. The lowest BCUT2D eigenvalue weighted by Gasteiger charge is -2.39. The summed E-state index contributed by atoms with van der Waals surface area (Å²) in [7, 11) is 1.76. The van der Waals surface area contributed by atoms with Gasteiger partial charge in [-0.1, -0.05) is 12.1 Å². The lowest BCUT2D eigenvalue weighted by molar-refractivity contribution is -0.121. The van der Waals surface area contributed by atoms with Crippen molar-refractivity contribution in [2.45, 2.75) is 19.9 Å². The number of carbonyl (C=O) groups excluding carboxylic acids is 2. The zero-order chi connectivity index (χ0) is 16.6. The standard InChI is InChI=1S/C17H20N4O2/c1-12-5-4-6-15(7-12)21-9-13(2)20(11-16(21)22)17(23)14-8-18-19(3)10-14/h4-8,10,13H,9,11H2,1-3H3/t13-/m0/s1. The molecule has 2 aromatic rings. The van der Waals surface area contributed by atoms with Crippen molar-refractivity contribution in [3.05, 3.63) is 47.8 Å². The largest absolute Gasteiger partial charge is 0.325 e. The van der Waals surface area contributed by atoms with Crippen LogP contribution < -0.4 is 4.90 Å². The van der Waals surface area contributed by atoms with Crippen molar-refractivity contribution in [2.75, 3.05) is 18.0 Å². The number of nitrogens with zero attached hydrogens (tertiary/aromatic N) is 4. The first-order valence-corrected chi connectivity index (χ1v) is 7.62. The van der Waals surface area contributed by atoms with Gasteiger partial charge in [-0.3, -0.25) is 14.3 Å². The van der Waals surface area contributed by atoms with Gasteiger partial charge in [-0.2, -0.15) is 5.10 Å². The van der Waals surface area contributed by atoms with E-state index >= 15 is 0 Å². The van der Waals surface area contributed by atoms with Gasteiger partial charge in [0.2, 0.25) is 5.91 Å². The number of piperazine rings is 1. The van der Waals surface area contributed by atoms with Crippen LogP contribution in [0.1, 0.15) is 22.8 Å². The fourth-order valence-corrected chi connectivity index (χ4v) is 2.87. The van der Waals surface area contributed by atoms with Crippen LogP contribution in [0.25, 0.3) is 0 Å². The molecule has 3 rings (SSSR count). The highest BCUT2D eigenvalue weighted by atomic mass is 16.2. The normalized spacial score (nSPS) is 18.4. The first-order chi connectivity index (χ1) is 11.0. The topological polar surface area (TPSA) is 58.4 Å². The number of amides is 2. The maximum atomic E-state index is 12.6. The Morgan fingerprint density at radius 3 is 2.78 bits per heavy atom. The summed E-state index contributed by atoms with van der Waals surface area (Å²) in [6, 6.07) is 7.80. The molecule has 6 nitrogen and oxygen atoms in total. The van der Waals surface area contributed by atoms with E-state index in [2.05, 4.69) is 5.10 Å². The van der Waals surface area contributed by atoms with Crippen LogP contribution >= 0.6 is 0 Å². The second-order valence-electron chi connectivity index (χ2n) is 6.03. The van der Waals surface area contributed by atoms with Gasteiger partial charge in [0.15, 0.2) is 0 Å². The van der Waals surface area contributed by atoms with E-state index < -0.39 is 0 Å². The summed E-state index contributed by atoms with van der Waals surface area (Å²) in [5.41, 5.74) is 2.50. The van der Waals surface area contributed by atoms with E-state index in [0.717, 1.165) is 11.3 Å². The average molecular weight is 312 g/mol. The number of rotatable bonds is 2. The molecule has 2 amide bonds. The van der Waals surface area contributed by atoms with Crippen molar-refractivity contribution in [1.82, 2.24) is 14.7 Å². The van der Waals surface area contributed by atoms with Gasteiger partial charge < -0.3 is 9.80 Å². The number of aryl methyl sites for hydroxylation is 2. The van der Waals surface area contributed by atoms with Crippen LogP contribution in [0.5, 0.6) is 0 Å². The third-order valence-electron chi connectivity index (χ3n) is 4.11. The summed E-state index contributed by atoms with van der Waals surface area (Å²) in [5, 5.41) is 4.02. The molecule has 0 unspecified atom stereocenters. The number of anilines is 1. The molecule has 0 radical (unpaired) electrons. The van der Waals surface area contributed by atoms with Gasteiger partial charge in [0.25, 0.3) is 5.91 Å². The molecule has 0 aliphatic carbocycles. The lowest BCUT2D eigenvalue weighted by atomic mass is 10.1. The van der Waals surface area contributed by atoms with E-state index in [1.807, 2.05) is 38.1 Å². The summed E-state index contributed by atoms with van der Waals surface area (Å²) >= 11 is 0. The van der Waals surface area contributed by atoms with Crippen LogP contribution in [0.2, 0.25) is 0 Å². The third-order valence-corrected chi connectivity index (χ3v) is 4.11. The van der Waals surface area contributed by atoms with E-state index in [1.54, 1.807) is 27.7 Å². The molecule has 6 heteroatoms. The molecule has 1 aromatic carbocycles. The van der Waals surface area contributed by atoms with Crippen molar-refractivity contribution in [3.63, 3.8) is 0 Å². The van der Waals surface area contributed by atoms with Gasteiger partial charge in [0.05, 0.1) is 11.8 Å². The van der Waals surface area contributed by atoms with Crippen LogP contribution in [0.3, 0.4) is 0 Å². The molecule has 23 heavy (non-hydrogen) atoms. The van der Waals surface area contributed by atoms with Crippen LogP contribution in [-0.2, 0) is 11.8 Å². The number of hydrogen-bond acceptors (Lipinski definition) is 3. The van der Waals surface area contributed by atoms with Gasteiger partial charge in [0, 0.05) is 31.5 Å². The Bertz CT molecular complexity index is 753. The Labute approximate surface area is 135 Å². The summed E-state index contributed by atoms with van der Waals surface area (Å²) < 4.78 is 1.59. The monoisotopic (exact) mass is 312 g/mol. The molecule has 1 fully saturated rings. The fraction of sp³-hybridized carbons (Fsp3) is 0.353. The Kier molecular flexibility index (Phi) is 3.90. The maximum absolute atomic E-state index is 12.6. The Morgan fingerprint density at radius 1 is 1.35 bits per heavy atom. The molecule has 0 bridgehead atoms. The summed E-state index contributed by atoms with van der Waals surface area (Å²) in [5.74, 6) is -0.214. The van der Waals surface area contributed by atoms with E-state index in [9.17, 15) is 9.59 Å². The zero-order valence-electron chi connectivity index (χ0n) is 13.6. The lowest BCUT2D eigenvalue weighted by Crippen LogP contribution is -2.57. The van der Waals surface area contributed by atoms with Crippen molar-refractivity contribution in [1.29, 1.82) is 0 Å². The van der Waals surface area contributed by atoms with E-state index in [-0.39, 0.29) is 24.4 Å². The molecule has 1 aliphatic heterocycles. The molecule has 0 saturated carbocycles. The van der Waals surface area contributed by atoms with Gasteiger partial charge >= 0.3 is 0 Å². The summed E-state index contributed by atoms with van der Waals surface area (Å²) in [4.78, 5) is 28.5. The zero-order valence-corrected chi connectivity index (χ0v) is 13.6. The Hall–Kier alpha value is -2.63. The SMILES string of the molecule is Cc1cccc(N2C[C@H](C)N(C(=O)c3cnn(C)c3)CC2=O)c1. The third kappa shape index (κ3) is 2.97. The van der Waals surface area contributed by atoms with Gasteiger partial charge in [0.1, 0.15) is 6.54 Å². The van der Waals surface area contributed by atoms with Crippen molar-refractivity contribution in [2.24, 2.45) is 7.05 Å². The molecule has 1 aliphatic rings. The van der Waals surface area contributed by atoms with E-state index in [4.69, 9.17) is 0 Å². The molecule has 1 atom stereocenters. The predicted molar refractivity (Wildman–Crippen MR) is 87.2 cm³/mol. The second-order valence-corrected chi connectivity index (χ2v) is 6.03. The molecule has 2 heterocycles. The minimum atomic E-state index is -0.150. The van der Waals surface area contributed by atoms with Crippen LogP contribution in [-0.4, -0.2) is 45.6 Å². The predicted octanol–water partition coefficient (Wildman–Crippen LogP) is 1.61. The molecular weight excluding hydrogens is 292 g/mol. The highest BCUT2D eigenvalue weighted by molar-refractivity contribution is 6.01. The van der Waals surface area contributed by atoms with Crippen molar-refractivity contribution < 1.29 is 9.59 Å². The second kappa shape index (κ2) is 5.87. The molecule has 1 aromatic heterocycles. The summed E-state index contributed by atoms with van der Waals surface area (Å²) in [6.07, 6.45) is 3.21. The van der Waals surface area contributed by atoms with E-state index in [1.165, 1.54) is 6.20 Å². The van der Waals surface area contributed by atoms with Crippen molar-refractivity contribution in [3.8, 4) is 0 Å². The first-order valence-electron chi connectivity index (χ1n) is 7.62. The molecule has 0 N–H and O–H groups in total. The first kappa shape index (κ1) is 15.3. The number of carbonyl (C=O) groups is 2. The molecular formula is C17H20N4O2. The van der Waals surface area contributed by atoms with E-state index in [0.29, 0.717) is 12.1 Å². The summed E-state index contributed by atoms with van der Waals surface area (Å²) in [6.45, 7) is 4.54. The Balaban J connectivity index is 1.79. The minimum absolute atomic E-state index is 0.0547. The maximum Gasteiger partial charge on any atom is 0.257 e. The number of aromatic nitrogens is 2. The van der Waals surface area contributed by atoms with Crippen LogP contribution in [0.15, 0.2) is 36.7 Å². The average Bonchev–Trinajstić information content (AvgIpc) is 2.95. The van der Waals surface area contributed by atoms with Crippen LogP contribution in [0.4, 0.5) is 5.69 Å². The number of hydrogen-bond donors (Lipinski definition) is 0.